The second kappa shape index (κ2) is 21.7. The third-order valence-electron chi connectivity index (χ3n) is 5.47. The minimum Gasteiger partial charge on any atom is -0.0652 e. The van der Waals surface area contributed by atoms with E-state index in [1.54, 1.807) is 0 Å². The van der Waals surface area contributed by atoms with Crippen LogP contribution in [0.1, 0.15) is 119 Å². The van der Waals surface area contributed by atoms with Gasteiger partial charge in [0.15, 0.2) is 0 Å². The molecule has 0 aliphatic carbocycles. The minimum absolute atomic E-state index is 1.05. The summed E-state index contributed by atoms with van der Waals surface area (Å²) in [6.07, 6.45) is 23.8. The molecule has 0 N–H and O–H groups in total. The van der Waals surface area contributed by atoms with E-state index in [2.05, 4.69) is 41.5 Å². The zero-order chi connectivity index (χ0) is 21.7. The van der Waals surface area contributed by atoms with Crippen molar-refractivity contribution in [2.24, 2.45) is 0 Å². The lowest BCUT2D eigenvalue weighted by Crippen LogP contribution is -2.02. The number of unbranched alkanes of at least 4 members (excludes halogenated alkanes) is 6. The van der Waals surface area contributed by atoms with Crippen LogP contribution in [0.4, 0.5) is 0 Å². The SMILES string of the molecule is CCCC[P+](Cl)(CCCC)CCCC.CCCC[P+](Cl)(CCCC)CCCC. The van der Waals surface area contributed by atoms with Crippen LogP contribution in [0.15, 0.2) is 0 Å². The van der Waals surface area contributed by atoms with Crippen molar-refractivity contribution >= 4 is 35.7 Å². The molecule has 0 fully saturated rings. The van der Waals surface area contributed by atoms with Crippen molar-refractivity contribution in [2.45, 2.75) is 119 Å². The van der Waals surface area contributed by atoms with Gasteiger partial charge in [0.2, 0.25) is 0 Å². The lowest BCUT2D eigenvalue weighted by Gasteiger charge is -2.18. The van der Waals surface area contributed by atoms with Crippen molar-refractivity contribution in [3.63, 3.8) is 0 Å². The van der Waals surface area contributed by atoms with Crippen LogP contribution in [0.5, 0.6) is 0 Å². The Morgan fingerprint density at radius 3 is 0.607 bits per heavy atom. The molecule has 0 radical (unpaired) electrons. The summed E-state index contributed by atoms with van der Waals surface area (Å²) in [6, 6.07) is 0. The van der Waals surface area contributed by atoms with Gasteiger partial charge in [-0.2, -0.15) is 0 Å². The van der Waals surface area contributed by atoms with Crippen molar-refractivity contribution in [2.75, 3.05) is 37.0 Å². The van der Waals surface area contributed by atoms with Gasteiger partial charge in [0.25, 0.3) is 0 Å². The highest BCUT2D eigenvalue weighted by molar-refractivity contribution is 7.99. The maximum Gasteiger partial charge on any atom is 0.113 e. The Hall–Kier alpha value is 1.44. The normalized spacial score (nSPS) is 12.0. The zero-order valence-electron chi connectivity index (χ0n) is 20.4. The first-order chi connectivity index (χ1) is 13.4. The molecule has 0 amide bonds. The molecule has 0 aliphatic rings. The quantitative estimate of drug-likeness (QED) is 0.173. The topological polar surface area (TPSA) is 0 Å². The van der Waals surface area contributed by atoms with Crippen LogP contribution in [-0.4, -0.2) is 37.0 Å². The van der Waals surface area contributed by atoms with Gasteiger partial charge in [0.1, 0.15) is 13.2 Å². The summed E-state index contributed by atoms with van der Waals surface area (Å²) in [4.78, 5) is 0. The van der Waals surface area contributed by atoms with Crippen LogP contribution in [0.25, 0.3) is 0 Å². The minimum atomic E-state index is -1.05. The van der Waals surface area contributed by atoms with Crippen molar-refractivity contribution in [3.8, 4) is 0 Å². The molecule has 0 atom stereocenters. The molecule has 0 nitrogen and oxygen atoms in total. The Bertz CT molecular complexity index is 237. The summed E-state index contributed by atoms with van der Waals surface area (Å²) in [7, 11) is 0. The molecule has 0 spiro atoms. The molecular weight excluding hydrogens is 421 g/mol. The molecule has 0 bridgehead atoms. The van der Waals surface area contributed by atoms with Gasteiger partial charge in [0.05, 0.1) is 59.5 Å². The molecule has 0 aromatic carbocycles. The van der Waals surface area contributed by atoms with E-state index >= 15 is 0 Å². The van der Waals surface area contributed by atoms with E-state index in [9.17, 15) is 0 Å². The van der Waals surface area contributed by atoms with Crippen molar-refractivity contribution in [3.05, 3.63) is 0 Å². The summed E-state index contributed by atoms with van der Waals surface area (Å²) in [6.45, 7) is 11.5. The highest BCUT2D eigenvalue weighted by atomic mass is 35.7. The molecule has 0 aliphatic heterocycles. The first-order valence-corrected chi connectivity index (χ1v) is 19.0. The number of rotatable bonds is 18. The largest absolute Gasteiger partial charge is 0.113 e. The van der Waals surface area contributed by atoms with E-state index in [0.717, 1.165) is 0 Å². The Morgan fingerprint density at radius 2 is 0.500 bits per heavy atom. The lowest BCUT2D eigenvalue weighted by atomic mass is 10.4. The highest BCUT2D eigenvalue weighted by Crippen LogP contribution is 2.66. The third kappa shape index (κ3) is 19.4. The van der Waals surface area contributed by atoms with Gasteiger partial charge in [-0.3, -0.25) is 0 Å². The molecule has 172 valence electrons. The summed E-state index contributed by atoms with van der Waals surface area (Å²) >= 11 is 13.6. The fraction of sp³-hybridized carbons (Fsp3) is 1.00. The Kier molecular flexibility index (Phi) is 24.5. The molecule has 0 aromatic heterocycles. The average molecular weight is 476 g/mol. The van der Waals surface area contributed by atoms with Crippen LogP contribution >= 0.6 is 35.7 Å². The van der Waals surface area contributed by atoms with Gasteiger partial charge < -0.3 is 0 Å². The smallest absolute Gasteiger partial charge is 0.0652 e. The summed E-state index contributed by atoms with van der Waals surface area (Å²) in [5.74, 6) is 0. The van der Waals surface area contributed by atoms with Gasteiger partial charge in [0, 0.05) is 0 Å². The summed E-state index contributed by atoms with van der Waals surface area (Å²) in [5.41, 5.74) is 0. The second-order valence-corrected chi connectivity index (χ2v) is 19.6. The van der Waals surface area contributed by atoms with Gasteiger partial charge in [-0.1, -0.05) is 80.1 Å². The monoisotopic (exact) mass is 474 g/mol. The molecule has 4 heteroatoms. The molecule has 0 unspecified atom stereocenters. The fourth-order valence-electron chi connectivity index (χ4n) is 3.32. The Labute approximate surface area is 190 Å². The molecule has 0 saturated carbocycles. The molecule has 0 saturated heterocycles. The number of hydrogen-bond donors (Lipinski definition) is 0. The van der Waals surface area contributed by atoms with Gasteiger partial charge in [-0.05, 0) is 38.5 Å². The highest BCUT2D eigenvalue weighted by Gasteiger charge is 2.34. The van der Waals surface area contributed by atoms with E-state index in [1.807, 2.05) is 0 Å². The summed E-state index contributed by atoms with van der Waals surface area (Å²) in [5, 5.41) is 0. The van der Waals surface area contributed by atoms with Crippen molar-refractivity contribution < 1.29 is 0 Å². The van der Waals surface area contributed by atoms with Crippen molar-refractivity contribution in [1.29, 1.82) is 0 Å². The number of halogens is 2. The maximum absolute atomic E-state index is 6.79. The standard InChI is InChI=1S/2C12H27ClP/c2*1-4-7-10-14(13,11-8-5-2)12-9-6-3/h2*4-12H2,1-3H3/q2*+1. The predicted molar refractivity (Wildman–Crippen MR) is 144 cm³/mol. The van der Waals surface area contributed by atoms with Gasteiger partial charge in [-0.15, -0.1) is 0 Å². The molecule has 28 heavy (non-hydrogen) atoms. The van der Waals surface area contributed by atoms with Gasteiger partial charge >= 0.3 is 0 Å². The van der Waals surface area contributed by atoms with Gasteiger partial charge in [-0.25, -0.2) is 0 Å². The third-order valence-corrected chi connectivity index (χ3v) is 15.2. The predicted octanol–water partition coefficient (Wildman–Crippen LogP) is 11.1. The van der Waals surface area contributed by atoms with E-state index < -0.39 is 13.2 Å². The maximum atomic E-state index is 6.79. The van der Waals surface area contributed by atoms with Crippen LogP contribution in [0.2, 0.25) is 0 Å². The van der Waals surface area contributed by atoms with Crippen LogP contribution in [-0.2, 0) is 0 Å². The lowest BCUT2D eigenvalue weighted by molar-refractivity contribution is 0.844. The van der Waals surface area contributed by atoms with E-state index in [0.29, 0.717) is 0 Å². The second-order valence-electron chi connectivity index (χ2n) is 8.52. The Balaban J connectivity index is 0. The van der Waals surface area contributed by atoms with Crippen LogP contribution < -0.4 is 0 Å². The molecular formula is C24H54Cl2P2+2. The molecule has 0 heterocycles. The van der Waals surface area contributed by atoms with Crippen LogP contribution in [0, 0.1) is 0 Å². The first-order valence-electron chi connectivity index (χ1n) is 12.5. The number of hydrogen-bond acceptors (Lipinski definition) is 0. The average Bonchev–Trinajstić information content (AvgIpc) is 2.71. The fourth-order valence-corrected chi connectivity index (χ4v) is 12.1. The van der Waals surface area contributed by atoms with Crippen LogP contribution in [0.3, 0.4) is 0 Å². The zero-order valence-corrected chi connectivity index (χ0v) is 23.7. The summed E-state index contributed by atoms with van der Waals surface area (Å²) < 4.78 is 0. The van der Waals surface area contributed by atoms with E-state index in [-0.39, 0.29) is 0 Å². The molecule has 0 rings (SSSR count). The van der Waals surface area contributed by atoms with E-state index in [1.165, 1.54) is 114 Å². The van der Waals surface area contributed by atoms with Crippen molar-refractivity contribution in [1.82, 2.24) is 0 Å². The van der Waals surface area contributed by atoms with E-state index in [4.69, 9.17) is 22.5 Å². The Morgan fingerprint density at radius 1 is 0.357 bits per heavy atom. The molecule has 0 aromatic rings. The first kappa shape index (κ1) is 31.6.